The molecule has 0 aliphatic rings. The molecular weight excluding hydrogens is 385 g/mol. The molecule has 156 valence electrons. The number of hydrogen-bond donors (Lipinski definition) is 1. The molecule has 3 rings (SSSR count). The van der Waals surface area contributed by atoms with Crippen molar-refractivity contribution in [3.05, 3.63) is 77.4 Å². The summed E-state index contributed by atoms with van der Waals surface area (Å²) in [6, 6.07) is 13.2. The smallest absolute Gasteiger partial charge is 0.248 e. The van der Waals surface area contributed by atoms with Gasteiger partial charge in [-0.25, -0.2) is 9.07 Å². The number of anilines is 1. The quantitative estimate of drug-likeness (QED) is 0.445. The number of nitrogens with one attached hydrogen (secondary N) is 1. The fraction of sp³-hybridized carbons (Fsp3) is 0.217. The second-order valence-corrected chi connectivity index (χ2v) is 6.66. The van der Waals surface area contributed by atoms with Crippen LogP contribution >= 0.6 is 0 Å². The number of hydrogen-bond acceptors (Lipinski definition) is 4. The van der Waals surface area contributed by atoms with E-state index in [0.717, 1.165) is 22.6 Å². The summed E-state index contributed by atoms with van der Waals surface area (Å²) in [6.45, 7) is 4.76. The third-order valence-electron chi connectivity index (χ3n) is 4.50. The van der Waals surface area contributed by atoms with Crippen LogP contribution in [0, 0.1) is 19.7 Å². The van der Waals surface area contributed by atoms with Gasteiger partial charge in [0.2, 0.25) is 5.91 Å². The van der Waals surface area contributed by atoms with Gasteiger partial charge in [-0.15, -0.1) is 0 Å². The van der Waals surface area contributed by atoms with Gasteiger partial charge in [0, 0.05) is 30.1 Å². The second kappa shape index (κ2) is 9.84. The lowest BCUT2D eigenvalue weighted by molar-refractivity contribution is -0.111. The van der Waals surface area contributed by atoms with Crippen LogP contribution in [0.15, 0.2) is 54.6 Å². The lowest BCUT2D eigenvalue weighted by Gasteiger charge is -2.07. The monoisotopic (exact) mass is 409 g/mol. The van der Waals surface area contributed by atoms with Crippen molar-refractivity contribution < 1.29 is 18.7 Å². The van der Waals surface area contributed by atoms with Gasteiger partial charge in [-0.05, 0) is 68.5 Å². The summed E-state index contributed by atoms with van der Waals surface area (Å²) in [7, 11) is 1.62. The van der Waals surface area contributed by atoms with E-state index in [1.54, 1.807) is 54.3 Å². The van der Waals surface area contributed by atoms with Gasteiger partial charge >= 0.3 is 0 Å². The van der Waals surface area contributed by atoms with E-state index in [4.69, 9.17) is 9.47 Å². The van der Waals surface area contributed by atoms with Crippen molar-refractivity contribution in [2.45, 2.75) is 13.8 Å². The molecule has 30 heavy (non-hydrogen) atoms. The van der Waals surface area contributed by atoms with Crippen molar-refractivity contribution in [3.8, 4) is 11.4 Å². The zero-order chi connectivity index (χ0) is 21.5. The molecule has 0 atom stereocenters. The lowest BCUT2D eigenvalue weighted by Crippen LogP contribution is -2.08. The van der Waals surface area contributed by atoms with Crippen molar-refractivity contribution in [1.29, 1.82) is 0 Å². The first kappa shape index (κ1) is 21.3. The van der Waals surface area contributed by atoms with Crippen LogP contribution < -0.4 is 10.1 Å². The van der Waals surface area contributed by atoms with E-state index in [0.29, 0.717) is 24.7 Å². The Kier molecular flexibility index (Phi) is 6.98. The Bertz CT molecular complexity index is 1030. The minimum atomic E-state index is -0.299. The molecule has 1 heterocycles. The molecule has 0 spiro atoms. The molecule has 0 aliphatic heterocycles. The Morgan fingerprint density at radius 2 is 1.80 bits per heavy atom. The molecule has 0 unspecified atom stereocenters. The van der Waals surface area contributed by atoms with Gasteiger partial charge in [0.1, 0.15) is 18.2 Å². The molecular formula is C23H24FN3O3. The second-order valence-electron chi connectivity index (χ2n) is 6.66. The minimum absolute atomic E-state index is 0.253. The number of methoxy groups -OCH3 is 1. The summed E-state index contributed by atoms with van der Waals surface area (Å²) in [4.78, 5) is 12.3. The Labute approximate surface area is 174 Å². The first-order valence-corrected chi connectivity index (χ1v) is 9.51. The third kappa shape index (κ3) is 5.33. The highest BCUT2D eigenvalue weighted by Gasteiger charge is 2.11. The lowest BCUT2D eigenvalue weighted by atomic mass is 10.2. The van der Waals surface area contributed by atoms with Crippen molar-refractivity contribution in [1.82, 2.24) is 9.78 Å². The number of amides is 1. The van der Waals surface area contributed by atoms with Gasteiger partial charge in [-0.1, -0.05) is 0 Å². The zero-order valence-corrected chi connectivity index (χ0v) is 17.2. The Morgan fingerprint density at radius 1 is 1.10 bits per heavy atom. The summed E-state index contributed by atoms with van der Waals surface area (Å²) >= 11 is 0. The largest absolute Gasteiger partial charge is 0.491 e. The molecule has 0 radical (unpaired) electrons. The van der Waals surface area contributed by atoms with Crippen LogP contribution in [0.4, 0.5) is 10.1 Å². The first-order chi connectivity index (χ1) is 14.5. The van der Waals surface area contributed by atoms with Gasteiger partial charge in [-0.2, -0.15) is 5.10 Å². The van der Waals surface area contributed by atoms with E-state index in [9.17, 15) is 9.18 Å². The van der Waals surface area contributed by atoms with Crippen LogP contribution in [0.2, 0.25) is 0 Å². The summed E-state index contributed by atoms with van der Waals surface area (Å²) in [6.07, 6.45) is 3.20. The summed E-state index contributed by atoms with van der Waals surface area (Å²) in [5.41, 5.74) is 3.91. The molecule has 2 aromatic carbocycles. The molecule has 7 heteroatoms. The zero-order valence-electron chi connectivity index (χ0n) is 17.2. The van der Waals surface area contributed by atoms with Crippen LogP contribution in [0.1, 0.15) is 17.0 Å². The molecule has 1 amide bonds. The van der Waals surface area contributed by atoms with E-state index in [1.165, 1.54) is 18.2 Å². The maximum atomic E-state index is 13.2. The van der Waals surface area contributed by atoms with Crippen LogP contribution in [0.3, 0.4) is 0 Å². The van der Waals surface area contributed by atoms with Gasteiger partial charge in [0.05, 0.1) is 18.0 Å². The number of halogens is 1. The SMILES string of the molecule is COCCOc1ccc(NC(=O)/C=C/c2c(C)nn(-c3ccc(F)cc3)c2C)cc1. The molecule has 3 aromatic rings. The predicted octanol–water partition coefficient (Wildman–Crippen LogP) is 4.31. The number of ether oxygens (including phenoxy) is 2. The van der Waals surface area contributed by atoms with Gasteiger partial charge < -0.3 is 14.8 Å². The van der Waals surface area contributed by atoms with Gasteiger partial charge in [0.15, 0.2) is 0 Å². The molecule has 1 aromatic heterocycles. The standard InChI is InChI=1S/C23H24FN3O3/c1-16-22(17(2)27(26-16)20-8-4-18(24)5-9-20)12-13-23(28)25-19-6-10-21(11-7-19)30-15-14-29-3/h4-13H,14-15H2,1-3H3,(H,25,28)/b13-12+. The van der Waals surface area contributed by atoms with E-state index < -0.39 is 0 Å². The highest BCUT2D eigenvalue weighted by Crippen LogP contribution is 2.20. The van der Waals surface area contributed by atoms with Crippen molar-refractivity contribution in [2.24, 2.45) is 0 Å². The summed E-state index contributed by atoms with van der Waals surface area (Å²) in [5.74, 6) is 0.156. The van der Waals surface area contributed by atoms with Gasteiger partial charge in [0.25, 0.3) is 0 Å². The Balaban J connectivity index is 1.65. The van der Waals surface area contributed by atoms with E-state index in [2.05, 4.69) is 10.4 Å². The molecule has 0 saturated heterocycles. The number of benzene rings is 2. The molecule has 0 saturated carbocycles. The third-order valence-corrected chi connectivity index (χ3v) is 4.50. The highest BCUT2D eigenvalue weighted by molar-refractivity contribution is 6.02. The van der Waals surface area contributed by atoms with E-state index in [-0.39, 0.29) is 11.7 Å². The fourth-order valence-corrected chi connectivity index (χ4v) is 2.95. The molecule has 1 N–H and O–H groups in total. The van der Waals surface area contributed by atoms with Crippen molar-refractivity contribution >= 4 is 17.7 Å². The van der Waals surface area contributed by atoms with E-state index in [1.807, 2.05) is 13.8 Å². The topological polar surface area (TPSA) is 65.4 Å². The van der Waals surface area contributed by atoms with Crippen LogP contribution in [-0.4, -0.2) is 36.0 Å². The number of aromatic nitrogens is 2. The summed E-state index contributed by atoms with van der Waals surface area (Å²) < 4.78 is 25.3. The number of aryl methyl sites for hydroxylation is 1. The minimum Gasteiger partial charge on any atom is -0.491 e. The Morgan fingerprint density at radius 3 is 2.47 bits per heavy atom. The van der Waals surface area contributed by atoms with Gasteiger partial charge in [-0.3, -0.25) is 4.79 Å². The van der Waals surface area contributed by atoms with E-state index >= 15 is 0 Å². The van der Waals surface area contributed by atoms with Crippen molar-refractivity contribution in [3.63, 3.8) is 0 Å². The average Bonchev–Trinajstić information content (AvgIpc) is 3.02. The van der Waals surface area contributed by atoms with Crippen LogP contribution in [-0.2, 0) is 9.53 Å². The first-order valence-electron chi connectivity index (χ1n) is 9.51. The molecule has 0 fully saturated rings. The molecule has 6 nitrogen and oxygen atoms in total. The van der Waals surface area contributed by atoms with Crippen LogP contribution in [0.25, 0.3) is 11.8 Å². The highest BCUT2D eigenvalue weighted by atomic mass is 19.1. The number of nitrogens with zero attached hydrogens (tertiary/aromatic N) is 2. The Hall–Kier alpha value is -3.45. The van der Waals surface area contributed by atoms with Crippen LogP contribution in [0.5, 0.6) is 5.75 Å². The summed E-state index contributed by atoms with van der Waals surface area (Å²) in [5, 5.41) is 7.32. The average molecular weight is 409 g/mol. The normalized spacial score (nSPS) is 11.1. The maximum Gasteiger partial charge on any atom is 0.248 e. The predicted molar refractivity (Wildman–Crippen MR) is 114 cm³/mol. The number of carbonyl (C=O) groups excluding carboxylic acids is 1. The number of carbonyl (C=O) groups is 1. The fourth-order valence-electron chi connectivity index (χ4n) is 2.95. The number of rotatable bonds is 8. The molecule has 0 bridgehead atoms. The molecule has 0 aliphatic carbocycles. The maximum absolute atomic E-state index is 13.2. The van der Waals surface area contributed by atoms with Crippen molar-refractivity contribution in [2.75, 3.05) is 25.6 Å².